The molecule has 1 aromatic heterocycles. The first kappa shape index (κ1) is 14.7. The maximum atomic E-state index is 11.3. The molecule has 1 fully saturated rings. The van der Waals surface area contributed by atoms with E-state index in [4.69, 9.17) is 0 Å². The van der Waals surface area contributed by atoms with Crippen LogP contribution in [0.5, 0.6) is 0 Å². The minimum absolute atomic E-state index is 0.105. The molecule has 20 heavy (non-hydrogen) atoms. The average molecular weight is 282 g/mol. The van der Waals surface area contributed by atoms with Crippen LogP contribution in [0.4, 0.5) is 11.5 Å². The molecule has 0 amide bonds. The number of piperazine rings is 1. The number of likely N-dealkylation sites (N-methyl/N-ethyl adjacent to an activating group) is 1. The Morgan fingerprint density at radius 3 is 2.50 bits per heavy atom. The van der Waals surface area contributed by atoms with E-state index in [-0.39, 0.29) is 10.6 Å². The molecule has 0 saturated carbocycles. The van der Waals surface area contributed by atoms with Gasteiger partial charge in [-0.05, 0) is 13.5 Å². The Hall–Kier alpha value is -1.67. The number of nitrogens with one attached hydrogen (secondary N) is 1. The predicted molar refractivity (Wildman–Crippen MR) is 76.6 cm³/mol. The van der Waals surface area contributed by atoms with Crippen molar-refractivity contribution >= 4 is 11.5 Å². The third kappa shape index (κ3) is 3.07. The third-order valence-corrected chi connectivity index (χ3v) is 3.53. The van der Waals surface area contributed by atoms with Gasteiger partial charge in [-0.25, -0.2) is 9.69 Å². The van der Waals surface area contributed by atoms with Crippen LogP contribution >= 0.6 is 0 Å². The van der Waals surface area contributed by atoms with Crippen LogP contribution in [0.3, 0.4) is 0 Å². The largest absolute Gasteiger partial charge is 0.335 e. The van der Waals surface area contributed by atoms with Crippen LogP contribution in [-0.4, -0.2) is 57.8 Å². The average Bonchev–Trinajstić information content (AvgIpc) is 2.69. The highest BCUT2D eigenvalue weighted by Gasteiger charge is 2.28. The van der Waals surface area contributed by atoms with Crippen LogP contribution < -0.4 is 5.43 Å². The van der Waals surface area contributed by atoms with Crippen molar-refractivity contribution in [2.24, 2.45) is 7.05 Å². The second-order valence-electron chi connectivity index (χ2n) is 5.18. The molecule has 0 unspecified atom stereocenters. The number of aryl methyl sites for hydroxylation is 2. The molecule has 1 N–H and O–H groups in total. The van der Waals surface area contributed by atoms with E-state index in [1.165, 1.54) is 0 Å². The molecular formula is C12H22N6O2. The smallest absolute Gasteiger partial charge is 0.304 e. The lowest BCUT2D eigenvalue weighted by atomic mass is 10.2. The van der Waals surface area contributed by atoms with E-state index in [0.717, 1.165) is 32.6 Å². The van der Waals surface area contributed by atoms with Gasteiger partial charge in [-0.15, -0.1) is 0 Å². The molecule has 2 rings (SSSR count). The van der Waals surface area contributed by atoms with Crippen molar-refractivity contribution in [1.82, 2.24) is 19.7 Å². The summed E-state index contributed by atoms with van der Waals surface area (Å²) >= 11 is 0. The molecule has 1 aromatic rings. The summed E-state index contributed by atoms with van der Waals surface area (Å²) in [6.07, 6.45) is 1.46. The fourth-order valence-corrected chi connectivity index (χ4v) is 2.36. The number of hydrazine groups is 1. The van der Waals surface area contributed by atoms with Gasteiger partial charge in [0.1, 0.15) is 5.69 Å². The lowest BCUT2D eigenvalue weighted by Crippen LogP contribution is -2.47. The van der Waals surface area contributed by atoms with Crippen LogP contribution in [0.15, 0.2) is 0 Å². The quantitative estimate of drug-likeness (QED) is 0.637. The highest BCUT2D eigenvalue weighted by Crippen LogP contribution is 2.29. The van der Waals surface area contributed by atoms with Gasteiger partial charge in [0.15, 0.2) is 0 Å². The lowest BCUT2D eigenvalue weighted by molar-refractivity contribution is -0.384. The van der Waals surface area contributed by atoms with Gasteiger partial charge in [0.05, 0.1) is 4.92 Å². The summed E-state index contributed by atoms with van der Waals surface area (Å²) in [4.78, 5) is 13.2. The van der Waals surface area contributed by atoms with Crippen molar-refractivity contribution in [3.05, 3.63) is 15.8 Å². The third-order valence-electron chi connectivity index (χ3n) is 3.53. The molecule has 8 heteroatoms. The van der Waals surface area contributed by atoms with Gasteiger partial charge in [-0.2, -0.15) is 5.10 Å². The Labute approximate surface area is 118 Å². The number of anilines is 1. The second-order valence-corrected chi connectivity index (χ2v) is 5.18. The zero-order valence-electron chi connectivity index (χ0n) is 12.3. The summed E-state index contributed by atoms with van der Waals surface area (Å²) in [6.45, 7) is 5.55. The summed E-state index contributed by atoms with van der Waals surface area (Å²) in [7, 11) is 3.81. The molecule has 0 aliphatic carbocycles. The molecule has 1 saturated heterocycles. The van der Waals surface area contributed by atoms with Gasteiger partial charge < -0.3 is 4.90 Å². The Kier molecular flexibility index (Phi) is 4.56. The predicted octanol–water partition coefficient (Wildman–Crippen LogP) is 0.855. The fraction of sp³-hybridized carbons (Fsp3) is 0.750. The number of nitrogens with zero attached hydrogens (tertiary/aromatic N) is 5. The van der Waals surface area contributed by atoms with Gasteiger partial charge >= 0.3 is 5.69 Å². The van der Waals surface area contributed by atoms with Crippen molar-refractivity contribution < 1.29 is 4.92 Å². The van der Waals surface area contributed by atoms with Gasteiger partial charge in [-0.1, -0.05) is 13.3 Å². The van der Waals surface area contributed by atoms with Crippen LogP contribution in [0.2, 0.25) is 0 Å². The number of hydrogen-bond acceptors (Lipinski definition) is 6. The lowest BCUT2D eigenvalue weighted by Gasteiger charge is -2.32. The topological polar surface area (TPSA) is 79.5 Å². The minimum atomic E-state index is -0.337. The van der Waals surface area contributed by atoms with Crippen LogP contribution in [0.1, 0.15) is 19.0 Å². The normalized spacial score (nSPS) is 17.4. The van der Waals surface area contributed by atoms with E-state index in [9.17, 15) is 10.1 Å². The first-order valence-electron chi connectivity index (χ1n) is 6.93. The van der Waals surface area contributed by atoms with E-state index in [1.54, 1.807) is 11.7 Å². The number of rotatable bonds is 5. The minimum Gasteiger partial charge on any atom is -0.304 e. The molecule has 0 atom stereocenters. The molecule has 1 aliphatic rings. The standard InChI is InChI=1S/C12H22N6O2/c1-4-5-10-11(18(19)20)12(16(3)13-10)14-17-8-6-15(2)7-9-17/h14H,4-9H2,1-3H3. The summed E-state index contributed by atoms with van der Waals surface area (Å²) in [5, 5.41) is 17.6. The summed E-state index contributed by atoms with van der Waals surface area (Å²) in [5.41, 5.74) is 3.82. The van der Waals surface area contributed by atoms with E-state index in [1.807, 2.05) is 11.9 Å². The Morgan fingerprint density at radius 2 is 1.95 bits per heavy atom. The van der Waals surface area contributed by atoms with Crippen molar-refractivity contribution in [1.29, 1.82) is 0 Å². The summed E-state index contributed by atoms with van der Waals surface area (Å²) in [5.74, 6) is 0.475. The Bertz CT molecular complexity index is 479. The fourth-order valence-electron chi connectivity index (χ4n) is 2.36. The van der Waals surface area contributed by atoms with Crippen molar-refractivity contribution in [3.8, 4) is 0 Å². The molecule has 2 heterocycles. The zero-order valence-corrected chi connectivity index (χ0v) is 12.3. The van der Waals surface area contributed by atoms with Crippen molar-refractivity contribution in [2.75, 3.05) is 38.7 Å². The van der Waals surface area contributed by atoms with Gasteiger partial charge in [0.25, 0.3) is 0 Å². The monoisotopic (exact) mass is 282 g/mol. The summed E-state index contributed by atoms with van der Waals surface area (Å²) in [6, 6.07) is 0. The maximum absolute atomic E-state index is 11.3. The first-order valence-corrected chi connectivity index (χ1v) is 6.93. The van der Waals surface area contributed by atoms with Crippen LogP contribution in [0, 0.1) is 10.1 Å². The van der Waals surface area contributed by atoms with Gasteiger partial charge in [0.2, 0.25) is 5.82 Å². The SMILES string of the molecule is CCCc1nn(C)c(NN2CCN(C)CC2)c1[N+](=O)[O-]. The van der Waals surface area contributed by atoms with E-state index in [2.05, 4.69) is 22.5 Å². The molecule has 0 spiro atoms. The number of hydrogen-bond donors (Lipinski definition) is 1. The highest BCUT2D eigenvalue weighted by molar-refractivity contribution is 5.59. The van der Waals surface area contributed by atoms with E-state index >= 15 is 0 Å². The number of nitro groups is 1. The van der Waals surface area contributed by atoms with Gasteiger partial charge in [0, 0.05) is 33.2 Å². The second kappa shape index (κ2) is 6.19. The first-order chi connectivity index (χ1) is 9.52. The van der Waals surface area contributed by atoms with Crippen LogP contribution in [-0.2, 0) is 13.5 Å². The molecule has 0 bridgehead atoms. The summed E-state index contributed by atoms with van der Waals surface area (Å²) < 4.78 is 1.57. The highest BCUT2D eigenvalue weighted by atomic mass is 16.6. The van der Waals surface area contributed by atoms with Gasteiger partial charge in [-0.3, -0.25) is 15.5 Å². The number of aromatic nitrogens is 2. The maximum Gasteiger partial charge on any atom is 0.335 e. The molecule has 112 valence electrons. The molecule has 0 aromatic carbocycles. The molecule has 0 radical (unpaired) electrons. The van der Waals surface area contributed by atoms with E-state index < -0.39 is 0 Å². The Balaban J connectivity index is 2.19. The van der Waals surface area contributed by atoms with Crippen molar-refractivity contribution in [3.63, 3.8) is 0 Å². The Morgan fingerprint density at radius 1 is 1.30 bits per heavy atom. The molecule has 1 aliphatic heterocycles. The van der Waals surface area contributed by atoms with E-state index in [0.29, 0.717) is 17.9 Å². The van der Waals surface area contributed by atoms with Crippen LogP contribution in [0.25, 0.3) is 0 Å². The molecular weight excluding hydrogens is 260 g/mol. The van der Waals surface area contributed by atoms with Crippen molar-refractivity contribution in [2.45, 2.75) is 19.8 Å². The zero-order chi connectivity index (χ0) is 14.7. The molecule has 8 nitrogen and oxygen atoms in total.